The first-order valence-electron chi connectivity index (χ1n) is 8.66. The highest BCUT2D eigenvalue weighted by atomic mass is 16.6. The third-order valence-corrected chi connectivity index (χ3v) is 4.52. The van der Waals surface area contributed by atoms with E-state index in [2.05, 4.69) is 25.0 Å². The van der Waals surface area contributed by atoms with Crippen LogP contribution in [0.15, 0.2) is 35.5 Å². The van der Waals surface area contributed by atoms with Crippen LogP contribution in [0.3, 0.4) is 0 Å². The highest BCUT2D eigenvalue weighted by Gasteiger charge is 2.27. The number of hydrogen-bond donors (Lipinski definition) is 0. The first kappa shape index (κ1) is 15.8. The summed E-state index contributed by atoms with van der Waals surface area (Å²) < 4.78 is 5.27. The van der Waals surface area contributed by atoms with Gasteiger partial charge in [0.25, 0.3) is 0 Å². The molecule has 130 valence electrons. The van der Waals surface area contributed by atoms with Crippen LogP contribution in [-0.4, -0.2) is 40.9 Å². The Bertz CT molecular complexity index is 759. The van der Waals surface area contributed by atoms with Crippen LogP contribution in [0.1, 0.15) is 43.2 Å². The molecule has 0 amide bonds. The predicted octanol–water partition coefficient (Wildman–Crippen LogP) is 2.74. The van der Waals surface area contributed by atoms with E-state index < -0.39 is 0 Å². The Morgan fingerprint density at radius 1 is 1.04 bits per heavy atom. The summed E-state index contributed by atoms with van der Waals surface area (Å²) in [5.74, 6) is 1.19. The van der Waals surface area contributed by atoms with Gasteiger partial charge in [0.1, 0.15) is 5.71 Å². The lowest BCUT2D eigenvalue weighted by molar-refractivity contribution is 0.0857. The van der Waals surface area contributed by atoms with Crippen molar-refractivity contribution in [3.05, 3.63) is 41.7 Å². The SMILES string of the molecule is COc1nc(C2=NOC(c3ccccc3)C2)nc(N2CCCCC2)n1. The number of benzene rings is 1. The molecule has 0 spiro atoms. The molecule has 0 saturated carbocycles. The Hall–Kier alpha value is -2.70. The maximum atomic E-state index is 5.60. The number of aromatic nitrogens is 3. The second-order valence-electron chi connectivity index (χ2n) is 6.24. The van der Waals surface area contributed by atoms with E-state index in [4.69, 9.17) is 9.57 Å². The minimum absolute atomic E-state index is 0.0996. The number of rotatable bonds is 4. The van der Waals surface area contributed by atoms with Crippen LogP contribution in [0.5, 0.6) is 6.01 Å². The van der Waals surface area contributed by atoms with Crippen molar-refractivity contribution in [3.63, 3.8) is 0 Å². The smallest absolute Gasteiger partial charge is 0.321 e. The highest BCUT2D eigenvalue weighted by molar-refractivity contribution is 5.98. The summed E-state index contributed by atoms with van der Waals surface area (Å²) in [5, 5.41) is 4.22. The predicted molar refractivity (Wildman–Crippen MR) is 93.9 cm³/mol. The lowest BCUT2D eigenvalue weighted by Gasteiger charge is -2.26. The van der Waals surface area contributed by atoms with Gasteiger partial charge in [-0.3, -0.25) is 0 Å². The van der Waals surface area contributed by atoms with Gasteiger partial charge in [-0.1, -0.05) is 35.5 Å². The molecule has 4 rings (SSSR count). The van der Waals surface area contributed by atoms with Gasteiger partial charge in [-0.05, 0) is 24.8 Å². The van der Waals surface area contributed by atoms with Gasteiger partial charge in [0.2, 0.25) is 5.95 Å². The molecule has 1 saturated heterocycles. The molecule has 0 radical (unpaired) electrons. The number of nitrogens with zero attached hydrogens (tertiary/aromatic N) is 5. The Kier molecular flexibility index (Phi) is 4.45. The highest BCUT2D eigenvalue weighted by Crippen LogP contribution is 2.29. The standard InChI is InChI=1S/C18H21N5O2/c1-24-18-20-16(19-17(21-18)23-10-6-3-7-11-23)14-12-15(25-22-14)13-8-4-2-5-9-13/h2,4-5,8-9,15H,3,6-7,10-12H2,1H3. The second kappa shape index (κ2) is 7.04. The van der Waals surface area contributed by atoms with Crippen molar-refractivity contribution in [2.75, 3.05) is 25.1 Å². The quantitative estimate of drug-likeness (QED) is 0.853. The first-order chi connectivity index (χ1) is 12.3. The fraction of sp³-hybridized carbons (Fsp3) is 0.444. The Morgan fingerprint density at radius 3 is 2.60 bits per heavy atom. The van der Waals surface area contributed by atoms with Crippen molar-refractivity contribution in [1.82, 2.24) is 15.0 Å². The fourth-order valence-corrected chi connectivity index (χ4v) is 3.16. The normalized spacial score (nSPS) is 20.1. The largest absolute Gasteiger partial charge is 0.467 e. The molecule has 1 aromatic heterocycles. The monoisotopic (exact) mass is 339 g/mol. The van der Waals surface area contributed by atoms with Crippen molar-refractivity contribution in [3.8, 4) is 6.01 Å². The van der Waals surface area contributed by atoms with Crippen LogP contribution >= 0.6 is 0 Å². The van der Waals surface area contributed by atoms with E-state index in [0.717, 1.165) is 37.2 Å². The van der Waals surface area contributed by atoms with Gasteiger partial charge in [-0.2, -0.15) is 15.0 Å². The number of methoxy groups -OCH3 is 1. The van der Waals surface area contributed by atoms with Gasteiger partial charge in [-0.15, -0.1) is 0 Å². The van der Waals surface area contributed by atoms with Crippen LogP contribution in [0.25, 0.3) is 0 Å². The van der Waals surface area contributed by atoms with Crippen molar-refractivity contribution in [1.29, 1.82) is 0 Å². The molecule has 0 N–H and O–H groups in total. The lowest BCUT2D eigenvalue weighted by atomic mass is 10.0. The molecule has 3 heterocycles. The first-order valence-corrected chi connectivity index (χ1v) is 8.66. The topological polar surface area (TPSA) is 72.7 Å². The van der Waals surface area contributed by atoms with E-state index in [9.17, 15) is 0 Å². The third kappa shape index (κ3) is 3.40. The van der Waals surface area contributed by atoms with Crippen LogP contribution in [-0.2, 0) is 4.84 Å². The number of anilines is 1. The molecule has 0 bridgehead atoms. The molecular weight excluding hydrogens is 318 g/mol. The van der Waals surface area contributed by atoms with Crippen molar-refractivity contribution in [2.45, 2.75) is 31.8 Å². The zero-order chi connectivity index (χ0) is 17.1. The zero-order valence-electron chi connectivity index (χ0n) is 14.3. The summed E-state index contributed by atoms with van der Waals surface area (Å²) in [7, 11) is 1.57. The minimum Gasteiger partial charge on any atom is -0.467 e. The molecule has 2 aliphatic heterocycles. The second-order valence-corrected chi connectivity index (χ2v) is 6.24. The van der Waals surface area contributed by atoms with Crippen molar-refractivity contribution < 1.29 is 9.57 Å². The van der Waals surface area contributed by atoms with Gasteiger partial charge >= 0.3 is 6.01 Å². The average molecular weight is 339 g/mol. The average Bonchev–Trinajstić information content (AvgIpc) is 3.19. The van der Waals surface area contributed by atoms with E-state index in [1.807, 2.05) is 30.3 Å². The molecule has 7 heteroatoms. The number of piperidine rings is 1. The van der Waals surface area contributed by atoms with Crippen LogP contribution in [0.2, 0.25) is 0 Å². The van der Waals surface area contributed by atoms with Crippen LogP contribution < -0.4 is 9.64 Å². The summed E-state index contributed by atoms with van der Waals surface area (Å²) in [6, 6.07) is 10.4. The number of hydrogen-bond acceptors (Lipinski definition) is 7. The number of oxime groups is 1. The van der Waals surface area contributed by atoms with Crippen LogP contribution in [0.4, 0.5) is 5.95 Å². The zero-order valence-corrected chi connectivity index (χ0v) is 14.3. The van der Waals surface area contributed by atoms with Gasteiger partial charge in [-0.25, -0.2) is 0 Å². The maximum Gasteiger partial charge on any atom is 0.321 e. The molecule has 7 nitrogen and oxygen atoms in total. The fourth-order valence-electron chi connectivity index (χ4n) is 3.16. The molecule has 1 unspecified atom stereocenters. The molecular formula is C18H21N5O2. The summed E-state index contributed by atoms with van der Waals surface area (Å²) in [5.41, 5.74) is 1.83. The van der Waals surface area contributed by atoms with E-state index in [-0.39, 0.29) is 6.10 Å². The minimum atomic E-state index is -0.0996. The molecule has 2 aromatic rings. The Labute approximate surface area is 146 Å². The van der Waals surface area contributed by atoms with E-state index in [1.165, 1.54) is 6.42 Å². The molecule has 1 fully saturated rings. The van der Waals surface area contributed by atoms with E-state index in [0.29, 0.717) is 24.2 Å². The molecule has 1 aromatic carbocycles. The summed E-state index contributed by atoms with van der Waals surface area (Å²) in [6.07, 6.45) is 4.10. The van der Waals surface area contributed by atoms with Crippen LogP contribution in [0, 0.1) is 0 Å². The van der Waals surface area contributed by atoms with Gasteiger partial charge in [0, 0.05) is 19.5 Å². The summed E-state index contributed by atoms with van der Waals surface area (Å²) >= 11 is 0. The Balaban J connectivity index is 1.57. The van der Waals surface area contributed by atoms with Gasteiger partial charge < -0.3 is 14.5 Å². The van der Waals surface area contributed by atoms with Crippen molar-refractivity contribution >= 4 is 11.7 Å². The van der Waals surface area contributed by atoms with E-state index >= 15 is 0 Å². The number of ether oxygens (including phenoxy) is 1. The van der Waals surface area contributed by atoms with Crippen molar-refractivity contribution in [2.24, 2.45) is 5.16 Å². The maximum absolute atomic E-state index is 5.60. The molecule has 25 heavy (non-hydrogen) atoms. The molecule has 2 aliphatic rings. The lowest BCUT2D eigenvalue weighted by Crippen LogP contribution is -2.31. The molecule has 0 aliphatic carbocycles. The van der Waals surface area contributed by atoms with Gasteiger partial charge in [0.15, 0.2) is 11.9 Å². The third-order valence-electron chi connectivity index (χ3n) is 4.52. The summed E-state index contributed by atoms with van der Waals surface area (Å²) in [4.78, 5) is 21.2. The van der Waals surface area contributed by atoms with Gasteiger partial charge in [0.05, 0.1) is 7.11 Å². The Morgan fingerprint density at radius 2 is 1.84 bits per heavy atom. The molecule has 1 atom stereocenters. The van der Waals surface area contributed by atoms with E-state index in [1.54, 1.807) is 7.11 Å². The summed E-state index contributed by atoms with van der Waals surface area (Å²) in [6.45, 7) is 1.92.